The van der Waals surface area contributed by atoms with Crippen LogP contribution in [0, 0.1) is 17.5 Å². The number of hydrogen-bond donors (Lipinski definition) is 3. The summed E-state index contributed by atoms with van der Waals surface area (Å²) < 4.78 is 40.0. The minimum Gasteiger partial charge on any atom is -0.361 e. The summed E-state index contributed by atoms with van der Waals surface area (Å²) in [5.74, 6) is 2.48. The third-order valence-electron chi connectivity index (χ3n) is 2.77. The van der Waals surface area contributed by atoms with Crippen molar-refractivity contribution in [2.24, 2.45) is 5.84 Å². The van der Waals surface area contributed by atoms with Gasteiger partial charge in [-0.1, -0.05) is 12.1 Å². The van der Waals surface area contributed by atoms with Gasteiger partial charge in [-0.05, 0) is 24.6 Å². The van der Waals surface area contributed by atoms with Crippen LogP contribution < -0.4 is 16.6 Å². The number of pyridine rings is 1. The lowest BCUT2D eigenvalue weighted by molar-refractivity contribution is 0.576. The molecule has 2 rings (SSSR count). The number of aromatic nitrogens is 1. The molecule has 0 fully saturated rings. The number of nitrogens with two attached hydrogens (primary N) is 1. The topological polar surface area (TPSA) is 63.0 Å². The van der Waals surface area contributed by atoms with Crippen LogP contribution in [0.4, 0.5) is 24.8 Å². The molecule has 0 spiro atoms. The molecule has 0 aliphatic rings. The molecule has 2 aromatic rings. The third-order valence-corrected chi connectivity index (χ3v) is 2.77. The molecule has 1 aromatic carbocycles. The molecule has 4 N–H and O–H groups in total. The molecule has 0 amide bonds. The molecule has 0 saturated heterocycles. The van der Waals surface area contributed by atoms with E-state index in [0.717, 1.165) is 0 Å². The van der Waals surface area contributed by atoms with Crippen LogP contribution in [0.3, 0.4) is 0 Å². The lowest BCUT2D eigenvalue weighted by Crippen LogP contribution is -2.15. The van der Waals surface area contributed by atoms with E-state index < -0.39 is 23.5 Å². The average Bonchev–Trinajstić information content (AvgIpc) is 2.41. The number of halogens is 3. The van der Waals surface area contributed by atoms with E-state index in [2.05, 4.69) is 10.3 Å². The molecule has 1 aromatic heterocycles. The van der Waals surface area contributed by atoms with Gasteiger partial charge in [-0.25, -0.2) is 24.0 Å². The zero-order valence-corrected chi connectivity index (χ0v) is 10.6. The quantitative estimate of drug-likeness (QED) is 0.596. The average molecular weight is 282 g/mol. The molecule has 4 nitrogen and oxygen atoms in total. The summed E-state index contributed by atoms with van der Waals surface area (Å²) in [6, 6.07) is 6.12. The predicted octanol–water partition coefficient (Wildman–Crippen LogP) is 2.96. The first-order chi connectivity index (χ1) is 9.51. The van der Waals surface area contributed by atoms with Crippen molar-refractivity contribution in [2.45, 2.75) is 13.0 Å². The van der Waals surface area contributed by atoms with Crippen molar-refractivity contribution in [1.82, 2.24) is 4.98 Å². The Morgan fingerprint density at radius 2 is 1.80 bits per heavy atom. The summed E-state index contributed by atoms with van der Waals surface area (Å²) in [6.07, 6.45) is 0. The Bertz CT molecular complexity index is 619. The Morgan fingerprint density at radius 1 is 1.10 bits per heavy atom. The van der Waals surface area contributed by atoms with E-state index in [1.165, 1.54) is 12.1 Å². The van der Waals surface area contributed by atoms with E-state index in [9.17, 15) is 13.2 Å². The van der Waals surface area contributed by atoms with Gasteiger partial charge < -0.3 is 10.7 Å². The van der Waals surface area contributed by atoms with Gasteiger partial charge in [-0.3, -0.25) is 0 Å². The summed E-state index contributed by atoms with van der Waals surface area (Å²) in [5, 5.41) is 2.74. The Morgan fingerprint density at radius 3 is 2.45 bits per heavy atom. The van der Waals surface area contributed by atoms with Crippen molar-refractivity contribution in [1.29, 1.82) is 0 Å². The number of nitrogens with zero attached hydrogens (tertiary/aromatic N) is 1. The monoisotopic (exact) mass is 282 g/mol. The molecule has 106 valence electrons. The van der Waals surface area contributed by atoms with Crippen LogP contribution in [0.25, 0.3) is 0 Å². The molecular weight excluding hydrogens is 269 g/mol. The molecule has 0 aliphatic carbocycles. The van der Waals surface area contributed by atoms with Crippen molar-refractivity contribution in [3.8, 4) is 0 Å². The van der Waals surface area contributed by atoms with Crippen LogP contribution in [-0.4, -0.2) is 4.98 Å². The Balaban J connectivity index is 2.25. The normalized spacial score (nSPS) is 12.1. The second-order valence-corrected chi connectivity index (χ2v) is 4.21. The summed E-state index contributed by atoms with van der Waals surface area (Å²) in [5.41, 5.74) is 2.64. The number of anilines is 2. The van der Waals surface area contributed by atoms with Crippen LogP contribution in [0.1, 0.15) is 18.5 Å². The van der Waals surface area contributed by atoms with E-state index in [1.54, 1.807) is 19.1 Å². The second kappa shape index (κ2) is 5.79. The molecule has 0 bridgehead atoms. The van der Waals surface area contributed by atoms with E-state index >= 15 is 0 Å². The zero-order chi connectivity index (χ0) is 14.7. The molecule has 1 heterocycles. The smallest absolute Gasteiger partial charge is 0.178 e. The fraction of sp³-hybridized carbons (Fsp3) is 0.154. The first-order valence-corrected chi connectivity index (χ1v) is 5.86. The van der Waals surface area contributed by atoms with Crippen molar-refractivity contribution < 1.29 is 13.2 Å². The summed E-state index contributed by atoms with van der Waals surface area (Å²) >= 11 is 0. The van der Waals surface area contributed by atoms with Crippen molar-refractivity contribution >= 4 is 11.6 Å². The standard InChI is InChI=1S/C13H13F3N4/c1-7(8-3-2-4-9(14)5-8)18-12-10(15)6-11(16)13(19-12)20-17/h2-7H,17H2,1H3,(H2,18,19,20). The Kier molecular flexibility index (Phi) is 4.09. The molecule has 1 unspecified atom stereocenters. The maximum atomic E-state index is 13.6. The van der Waals surface area contributed by atoms with Gasteiger partial charge in [-0.15, -0.1) is 0 Å². The van der Waals surface area contributed by atoms with Crippen LogP contribution in [-0.2, 0) is 0 Å². The van der Waals surface area contributed by atoms with Gasteiger partial charge in [0.05, 0.1) is 6.04 Å². The molecular formula is C13H13F3N4. The first-order valence-electron chi connectivity index (χ1n) is 5.86. The fourth-order valence-electron chi connectivity index (χ4n) is 1.73. The number of benzene rings is 1. The Labute approximate surface area is 113 Å². The van der Waals surface area contributed by atoms with Gasteiger partial charge in [0.1, 0.15) is 5.82 Å². The minimum atomic E-state index is -0.894. The third kappa shape index (κ3) is 3.00. The van der Waals surface area contributed by atoms with E-state index in [-0.39, 0.29) is 11.6 Å². The van der Waals surface area contributed by atoms with E-state index in [4.69, 9.17) is 5.84 Å². The van der Waals surface area contributed by atoms with E-state index in [0.29, 0.717) is 11.6 Å². The van der Waals surface area contributed by atoms with Crippen molar-refractivity contribution in [2.75, 3.05) is 10.7 Å². The second-order valence-electron chi connectivity index (χ2n) is 4.21. The van der Waals surface area contributed by atoms with Crippen molar-refractivity contribution in [3.05, 3.63) is 53.3 Å². The van der Waals surface area contributed by atoms with Crippen LogP contribution in [0.5, 0.6) is 0 Å². The summed E-state index contributed by atoms with van der Waals surface area (Å²) in [6.45, 7) is 1.70. The highest BCUT2D eigenvalue weighted by molar-refractivity contribution is 5.48. The SMILES string of the molecule is CC(Nc1nc(NN)c(F)cc1F)c1cccc(F)c1. The van der Waals surface area contributed by atoms with Gasteiger partial charge in [0, 0.05) is 6.07 Å². The summed E-state index contributed by atoms with van der Waals surface area (Å²) in [7, 11) is 0. The van der Waals surface area contributed by atoms with Crippen molar-refractivity contribution in [3.63, 3.8) is 0 Å². The zero-order valence-electron chi connectivity index (χ0n) is 10.6. The number of hydrazine groups is 1. The number of rotatable bonds is 4. The minimum absolute atomic E-state index is 0.170. The fourth-order valence-corrected chi connectivity index (χ4v) is 1.73. The largest absolute Gasteiger partial charge is 0.361 e. The lowest BCUT2D eigenvalue weighted by atomic mass is 10.1. The predicted molar refractivity (Wildman–Crippen MR) is 70.4 cm³/mol. The van der Waals surface area contributed by atoms with Crippen LogP contribution in [0.15, 0.2) is 30.3 Å². The number of hydrogen-bond acceptors (Lipinski definition) is 4. The van der Waals surface area contributed by atoms with Gasteiger partial charge in [0.15, 0.2) is 23.3 Å². The molecule has 0 aliphatic heterocycles. The molecule has 0 saturated carbocycles. The first kappa shape index (κ1) is 14.1. The maximum Gasteiger partial charge on any atom is 0.178 e. The number of nitrogen functional groups attached to an aromatic ring is 1. The van der Waals surface area contributed by atoms with Gasteiger partial charge in [0.2, 0.25) is 0 Å². The van der Waals surface area contributed by atoms with Gasteiger partial charge >= 0.3 is 0 Å². The molecule has 20 heavy (non-hydrogen) atoms. The van der Waals surface area contributed by atoms with Gasteiger partial charge in [-0.2, -0.15) is 0 Å². The highest BCUT2D eigenvalue weighted by Gasteiger charge is 2.14. The number of nitrogens with one attached hydrogen (secondary N) is 2. The Hall–Kier alpha value is -2.28. The highest BCUT2D eigenvalue weighted by atomic mass is 19.1. The van der Waals surface area contributed by atoms with Crippen LogP contribution >= 0.6 is 0 Å². The highest BCUT2D eigenvalue weighted by Crippen LogP contribution is 2.23. The molecule has 0 radical (unpaired) electrons. The lowest BCUT2D eigenvalue weighted by Gasteiger charge is -2.16. The maximum absolute atomic E-state index is 13.6. The van der Waals surface area contributed by atoms with Crippen LogP contribution in [0.2, 0.25) is 0 Å². The molecule has 7 heteroatoms. The van der Waals surface area contributed by atoms with E-state index in [1.807, 2.05) is 5.43 Å². The van der Waals surface area contributed by atoms with Gasteiger partial charge in [0.25, 0.3) is 0 Å². The summed E-state index contributed by atoms with van der Waals surface area (Å²) in [4.78, 5) is 3.69. The molecule has 1 atom stereocenters.